The van der Waals surface area contributed by atoms with Crippen molar-refractivity contribution in [2.45, 2.75) is 137 Å². The van der Waals surface area contributed by atoms with Gasteiger partial charge in [0.1, 0.15) is 0 Å². The number of aryl methyl sites for hydroxylation is 1. The highest BCUT2D eigenvalue weighted by molar-refractivity contribution is 5.84. The first-order valence-electron chi connectivity index (χ1n) is 20.6. The number of methoxy groups -OCH3 is 1. The molecule has 8 heteroatoms. The number of hydrogen-bond donors (Lipinski definition) is 2. The number of fused-ring (bicyclic) bond motifs is 8. The summed E-state index contributed by atoms with van der Waals surface area (Å²) in [4.78, 5) is 27.3. The van der Waals surface area contributed by atoms with E-state index < -0.39 is 22.5 Å². The number of aromatic nitrogens is 1. The Kier molecular flexibility index (Phi) is 10.1. The molecular weight excluding hydrogens is 665 g/mol. The lowest BCUT2D eigenvalue weighted by Crippen LogP contribution is -2.69. The molecule has 1 aliphatic heterocycles. The first-order chi connectivity index (χ1) is 25.1. The number of benzene rings is 1. The van der Waals surface area contributed by atoms with Gasteiger partial charge in [-0.3, -0.25) is 9.59 Å². The second-order valence-electron chi connectivity index (χ2n) is 19.1. The SMILES string of the molecule is C=C(C)[C@@H]1CC[C@]2(C(=O)OCCCCn3cc(CCN)c4ccccc43)CC[C@]3(C)[C@H](C[C@@H](O)[C@@H]4[C@@]5(C)C(CC(=O)OC)OC(C)(C)C5CC[C@]43C)[C@@H]12. The van der Waals surface area contributed by atoms with Gasteiger partial charge in [-0.25, -0.2) is 0 Å². The van der Waals surface area contributed by atoms with Gasteiger partial charge < -0.3 is 29.6 Å². The van der Waals surface area contributed by atoms with Crippen molar-refractivity contribution in [2.24, 2.45) is 57.0 Å². The van der Waals surface area contributed by atoms with Crippen molar-refractivity contribution < 1.29 is 28.9 Å². The minimum Gasteiger partial charge on any atom is -0.469 e. The molecule has 2 aromatic rings. The molecule has 11 atom stereocenters. The highest BCUT2D eigenvalue weighted by atomic mass is 16.5. The maximum Gasteiger partial charge on any atom is 0.312 e. The van der Waals surface area contributed by atoms with Gasteiger partial charge in [0.2, 0.25) is 0 Å². The Hall–Kier alpha value is -2.68. The minimum absolute atomic E-state index is 0.0357. The van der Waals surface area contributed by atoms with Crippen LogP contribution in [0.25, 0.3) is 10.9 Å². The van der Waals surface area contributed by atoms with E-state index in [-0.39, 0.29) is 64.9 Å². The molecule has 4 saturated carbocycles. The summed E-state index contributed by atoms with van der Waals surface area (Å²) in [6.45, 7) is 20.0. The highest BCUT2D eigenvalue weighted by Crippen LogP contribution is 2.77. The minimum atomic E-state index is -0.572. The molecule has 292 valence electrons. The van der Waals surface area contributed by atoms with Gasteiger partial charge >= 0.3 is 11.9 Å². The average molecular weight is 731 g/mol. The fourth-order valence-electron chi connectivity index (χ4n) is 14.0. The maximum atomic E-state index is 14.5. The molecule has 1 aromatic carbocycles. The number of aliphatic hydroxyl groups excluding tert-OH is 1. The molecule has 0 bridgehead atoms. The van der Waals surface area contributed by atoms with E-state index in [9.17, 15) is 14.7 Å². The first kappa shape index (κ1) is 38.6. The Balaban J connectivity index is 1.11. The Morgan fingerprint density at radius 2 is 1.79 bits per heavy atom. The van der Waals surface area contributed by atoms with Crippen LogP contribution < -0.4 is 5.73 Å². The molecule has 8 nitrogen and oxygen atoms in total. The van der Waals surface area contributed by atoms with Gasteiger partial charge in [-0.2, -0.15) is 0 Å². The van der Waals surface area contributed by atoms with Gasteiger partial charge in [0.25, 0.3) is 0 Å². The highest BCUT2D eigenvalue weighted by Gasteiger charge is 2.76. The number of esters is 2. The first-order valence-corrected chi connectivity index (χ1v) is 20.6. The summed E-state index contributed by atoms with van der Waals surface area (Å²) in [5.74, 6) is 0.333. The van der Waals surface area contributed by atoms with Crippen molar-refractivity contribution >= 4 is 22.8 Å². The molecule has 0 spiro atoms. The van der Waals surface area contributed by atoms with E-state index in [2.05, 4.69) is 83.2 Å². The van der Waals surface area contributed by atoms with Gasteiger partial charge in [-0.1, -0.05) is 51.1 Å². The predicted molar refractivity (Wildman–Crippen MR) is 208 cm³/mol. The summed E-state index contributed by atoms with van der Waals surface area (Å²) in [6, 6.07) is 8.51. The van der Waals surface area contributed by atoms with Gasteiger partial charge in [0, 0.05) is 29.1 Å². The molecule has 0 radical (unpaired) electrons. The molecule has 3 N–H and O–H groups in total. The number of nitrogens with two attached hydrogens (primary N) is 1. The Morgan fingerprint density at radius 1 is 1.04 bits per heavy atom. The fourth-order valence-corrected chi connectivity index (χ4v) is 14.0. The molecular formula is C45H66N2O6. The number of rotatable bonds is 11. The maximum absolute atomic E-state index is 14.5. The molecule has 1 saturated heterocycles. The van der Waals surface area contributed by atoms with Crippen LogP contribution in [0.3, 0.4) is 0 Å². The van der Waals surface area contributed by atoms with Crippen LogP contribution in [-0.2, 0) is 36.8 Å². The third-order valence-corrected chi connectivity index (χ3v) is 16.5. The zero-order chi connectivity index (χ0) is 38.1. The summed E-state index contributed by atoms with van der Waals surface area (Å²) in [5, 5.41) is 13.8. The quantitative estimate of drug-likeness (QED) is 0.137. The van der Waals surface area contributed by atoms with E-state index in [0.717, 1.165) is 69.9 Å². The van der Waals surface area contributed by atoms with Gasteiger partial charge in [0.15, 0.2) is 0 Å². The number of unbranched alkanes of at least 4 members (excludes halogenated alkanes) is 1. The van der Waals surface area contributed by atoms with E-state index in [4.69, 9.17) is 19.9 Å². The van der Waals surface area contributed by atoms with Crippen molar-refractivity contribution in [3.8, 4) is 0 Å². The zero-order valence-electron chi connectivity index (χ0n) is 33.5. The summed E-state index contributed by atoms with van der Waals surface area (Å²) < 4.78 is 20.5. The largest absolute Gasteiger partial charge is 0.469 e. The van der Waals surface area contributed by atoms with Gasteiger partial charge in [0.05, 0.1) is 43.4 Å². The van der Waals surface area contributed by atoms with Crippen LogP contribution in [0.5, 0.6) is 0 Å². The van der Waals surface area contributed by atoms with Crippen molar-refractivity contribution in [3.63, 3.8) is 0 Å². The summed E-state index contributed by atoms with van der Waals surface area (Å²) in [5.41, 5.74) is 7.89. The molecule has 5 aliphatic rings. The van der Waals surface area contributed by atoms with Crippen LogP contribution in [-0.4, -0.2) is 59.7 Å². The average Bonchev–Trinajstić information content (AvgIpc) is 3.74. The van der Waals surface area contributed by atoms with Crippen LogP contribution >= 0.6 is 0 Å². The smallest absolute Gasteiger partial charge is 0.312 e. The molecule has 7 rings (SSSR count). The second kappa shape index (κ2) is 13.8. The standard InChI is InChI=1S/C45H66N2O6/c1-28(2)30-15-19-45(40(50)52-24-12-11-23-47-27-29(17-22-46)31-13-9-10-14-33(31)47)21-20-42(5)32(38(30)45)25-34(48)39-43(42,6)18-16-35-41(3,4)53-36(44(35,39)7)26-37(49)51-8/h9-10,13-14,27,30,32,34-36,38-39,48H,1,11-12,15-26,46H2,2-8H3/t30-,32+,34+,35?,36?,38+,39-,42+,43+,44+,45-/m0/s1. The Bertz CT molecular complexity index is 1730. The lowest BCUT2D eigenvalue weighted by molar-refractivity contribution is -0.255. The van der Waals surface area contributed by atoms with Crippen molar-refractivity contribution in [2.75, 3.05) is 20.3 Å². The number of nitrogens with zero attached hydrogens (tertiary/aromatic N) is 1. The third kappa shape index (κ3) is 5.77. The van der Waals surface area contributed by atoms with Crippen LogP contribution in [0.15, 0.2) is 42.6 Å². The monoisotopic (exact) mass is 730 g/mol. The molecule has 5 fully saturated rings. The molecule has 4 aliphatic carbocycles. The normalized spacial score (nSPS) is 39.8. The van der Waals surface area contributed by atoms with Crippen LogP contribution in [0, 0.1) is 51.2 Å². The fraction of sp³-hybridized carbons (Fsp3) is 0.733. The Morgan fingerprint density at radius 3 is 2.51 bits per heavy atom. The van der Waals surface area contributed by atoms with Crippen molar-refractivity contribution in [1.82, 2.24) is 4.57 Å². The van der Waals surface area contributed by atoms with E-state index in [1.807, 2.05) is 0 Å². The number of hydrogen-bond acceptors (Lipinski definition) is 7. The van der Waals surface area contributed by atoms with Crippen molar-refractivity contribution in [1.29, 1.82) is 0 Å². The van der Waals surface area contributed by atoms with E-state index in [1.165, 1.54) is 23.6 Å². The zero-order valence-corrected chi connectivity index (χ0v) is 33.5. The van der Waals surface area contributed by atoms with E-state index in [1.54, 1.807) is 0 Å². The predicted octanol–water partition coefficient (Wildman–Crippen LogP) is 8.01. The van der Waals surface area contributed by atoms with Crippen LogP contribution in [0.2, 0.25) is 0 Å². The van der Waals surface area contributed by atoms with Gasteiger partial charge in [-0.15, -0.1) is 0 Å². The third-order valence-electron chi connectivity index (χ3n) is 16.5. The van der Waals surface area contributed by atoms with Gasteiger partial charge in [-0.05, 0) is 144 Å². The second-order valence-corrected chi connectivity index (χ2v) is 19.1. The lowest BCUT2D eigenvalue weighted by atomic mass is 9.33. The lowest BCUT2D eigenvalue weighted by Gasteiger charge is -2.71. The van der Waals surface area contributed by atoms with Crippen molar-refractivity contribution in [3.05, 3.63) is 48.2 Å². The number of aliphatic hydroxyl groups is 1. The number of carbonyl (C=O) groups excluding carboxylic acids is 2. The number of carbonyl (C=O) groups is 2. The molecule has 53 heavy (non-hydrogen) atoms. The van der Waals surface area contributed by atoms with E-state index >= 15 is 0 Å². The molecule has 2 heterocycles. The Labute approximate surface area is 317 Å². The molecule has 0 amide bonds. The van der Waals surface area contributed by atoms with Crippen LogP contribution in [0.1, 0.15) is 111 Å². The van der Waals surface area contributed by atoms with E-state index in [0.29, 0.717) is 19.6 Å². The number of para-hydroxylation sites is 1. The summed E-state index contributed by atoms with van der Waals surface area (Å²) in [6.07, 6.45) is 10.2. The summed E-state index contributed by atoms with van der Waals surface area (Å²) >= 11 is 0. The number of ether oxygens (including phenoxy) is 3. The summed E-state index contributed by atoms with van der Waals surface area (Å²) in [7, 11) is 1.44. The number of allylic oxidation sites excluding steroid dienone is 1. The van der Waals surface area contributed by atoms with Crippen LogP contribution in [0.4, 0.5) is 0 Å². The topological polar surface area (TPSA) is 113 Å². The molecule has 1 aromatic heterocycles. The molecule has 2 unspecified atom stereocenters.